The monoisotopic (exact) mass is 214 g/mol. The van der Waals surface area contributed by atoms with Gasteiger partial charge in [0.2, 0.25) is 0 Å². The van der Waals surface area contributed by atoms with Gasteiger partial charge in [-0.25, -0.2) is 0 Å². The summed E-state index contributed by atoms with van der Waals surface area (Å²) in [6.45, 7) is 7.96. The summed E-state index contributed by atoms with van der Waals surface area (Å²) in [6.07, 6.45) is 0. The molecule has 2 aromatic carbocycles. The Balaban J connectivity index is 3.08. The second kappa shape index (κ2) is 3.89. The van der Waals surface area contributed by atoms with E-state index in [4.69, 9.17) is 9.47 Å². The van der Waals surface area contributed by atoms with Crippen molar-refractivity contribution in [3.05, 3.63) is 34.7 Å². The number of ether oxygens (including phenoxy) is 2. The second-order valence-electron chi connectivity index (χ2n) is 3.57. The van der Waals surface area contributed by atoms with Crippen LogP contribution in [0.25, 0.3) is 23.9 Å². The quantitative estimate of drug-likeness (QED) is 0.757. The van der Waals surface area contributed by atoms with E-state index in [1.807, 2.05) is 24.3 Å². The van der Waals surface area contributed by atoms with E-state index in [1.165, 1.54) is 0 Å². The molecule has 2 rings (SSSR count). The maximum atomic E-state index is 5.38. The molecule has 0 heterocycles. The van der Waals surface area contributed by atoms with Crippen LogP contribution in [0.4, 0.5) is 0 Å². The van der Waals surface area contributed by atoms with Crippen molar-refractivity contribution in [1.29, 1.82) is 0 Å². The minimum atomic E-state index is 0.765. The summed E-state index contributed by atoms with van der Waals surface area (Å²) in [6, 6.07) is 7.91. The van der Waals surface area contributed by atoms with Gasteiger partial charge in [-0.15, -0.1) is 0 Å². The number of fused-ring (bicyclic) bond motifs is 1. The van der Waals surface area contributed by atoms with Gasteiger partial charge in [0.15, 0.2) is 0 Å². The molecule has 0 unspecified atom stereocenters. The zero-order chi connectivity index (χ0) is 11.7. The summed E-state index contributed by atoms with van der Waals surface area (Å²) in [5, 5.41) is 3.55. The fourth-order valence-electron chi connectivity index (χ4n) is 1.94. The molecule has 82 valence electrons. The Morgan fingerprint density at radius 2 is 1.19 bits per heavy atom. The lowest BCUT2D eigenvalue weighted by molar-refractivity contribution is 0.405. The first-order valence-electron chi connectivity index (χ1n) is 5.01. The first-order chi connectivity index (χ1) is 7.70. The molecule has 0 aromatic heterocycles. The molecule has 2 nitrogen and oxygen atoms in total. The van der Waals surface area contributed by atoms with Gasteiger partial charge in [-0.05, 0) is 0 Å². The van der Waals surface area contributed by atoms with Gasteiger partial charge in [-0.1, -0.05) is 37.4 Å². The van der Waals surface area contributed by atoms with Gasteiger partial charge in [-0.3, -0.25) is 0 Å². The Hall–Kier alpha value is -1.96. The molecule has 0 aliphatic heterocycles. The molecule has 0 saturated heterocycles. The van der Waals surface area contributed by atoms with Gasteiger partial charge >= 0.3 is 0 Å². The summed E-state index contributed by atoms with van der Waals surface area (Å²) in [5.74, 6) is 1.53. The van der Waals surface area contributed by atoms with E-state index in [1.54, 1.807) is 14.2 Å². The average molecular weight is 214 g/mol. The molecule has 0 radical (unpaired) electrons. The number of rotatable bonds is 2. The lowest BCUT2D eigenvalue weighted by Gasteiger charge is -2.11. The second-order valence-corrected chi connectivity index (χ2v) is 3.57. The van der Waals surface area contributed by atoms with Crippen LogP contribution in [-0.4, -0.2) is 14.2 Å². The van der Waals surface area contributed by atoms with Gasteiger partial charge in [0, 0.05) is 21.2 Å². The van der Waals surface area contributed by atoms with E-state index in [0.29, 0.717) is 0 Å². The van der Waals surface area contributed by atoms with Crippen molar-refractivity contribution < 1.29 is 9.47 Å². The number of methoxy groups -OCH3 is 2. The molecule has 0 atom stereocenters. The van der Waals surface area contributed by atoms with E-state index in [2.05, 4.69) is 13.2 Å². The summed E-state index contributed by atoms with van der Waals surface area (Å²) in [7, 11) is 3.28. The van der Waals surface area contributed by atoms with Crippen molar-refractivity contribution in [3.63, 3.8) is 0 Å². The number of hydrogen-bond donors (Lipinski definition) is 0. The summed E-state index contributed by atoms with van der Waals surface area (Å²) >= 11 is 0. The van der Waals surface area contributed by atoms with Crippen LogP contribution in [0.2, 0.25) is 0 Å². The molecule has 0 saturated carbocycles. The van der Waals surface area contributed by atoms with Crippen LogP contribution >= 0.6 is 0 Å². The molecule has 0 amide bonds. The summed E-state index contributed by atoms with van der Waals surface area (Å²) < 4.78 is 10.8. The lowest BCUT2D eigenvalue weighted by Crippen LogP contribution is -2.25. The normalized spacial score (nSPS) is 10.4. The third-order valence-electron chi connectivity index (χ3n) is 2.74. The standard InChI is InChI=1S/C14H14O2/c1-9-10(2)14(16-4)12-8-6-5-7-11(12)13(9)15-3/h5-8H,1-2H2,3-4H3. The lowest BCUT2D eigenvalue weighted by atomic mass is 10.1. The van der Waals surface area contributed by atoms with Gasteiger partial charge in [-0.2, -0.15) is 0 Å². The molecule has 16 heavy (non-hydrogen) atoms. The molecule has 0 aliphatic carbocycles. The highest BCUT2D eigenvalue weighted by Gasteiger charge is 2.09. The van der Waals surface area contributed by atoms with E-state index in [-0.39, 0.29) is 0 Å². The minimum Gasteiger partial charge on any atom is -0.495 e. The Labute approximate surface area is 94.4 Å². The van der Waals surface area contributed by atoms with Crippen LogP contribution in [0.3, 0.4) is 0 Å². The fourth-order valence-corrected chi connectivity index (χ4v) is 1.94. The van der Waals surface area contributed by atoms with Crippen LogP contribution in [-0.2, 0) is 0 Å². The highest BCUT2D eigenvalue weighted by atomic mass is 16.5. The largest absolute Gasteiger partial charge is 0.495 e. The Bertz CT molecular complexity index is 573. The Morgan fingerprint density at radius 3 is 1.50 bits per heavy atom. The van der Waals surface area contributed by atoms with Crippen molar-refractivity contribution in [1.82, 2.24) is 0 Å². The summed E-state index contributed by atoms with van der Waals surface area (Å²) in [5.41, 5.74) is 0. The van der Waals surface area contributed by atoms with Crippen molar-refractivity contribution >= 4 is 23.9 Å². The van der Waals surface area contributed by atoms with E-state index < -0.39 is 0 Å². The van der Waals surface area contributed by atoms with Crippen LogP contribution < -0.4 is 19.9 Å². The van der Waals surface area contributed by atoms with E-state index >= 15 is 0 Å². The predicted octanol–water partition coefficient (Wildman–Crippen LogP) is 1.68. The third-order valence-corrected chi connectivity index (χ3v) is 2.74. The van der Waals surface area contributed by atoms with Gasteiger partial charge in [0.1, 0.15) is 11.5 Å². The molecular formula is C14H14O2. The molecule has 0 spiro atoms. The van der Waals surface area contributed by atoms with Crippen molar-refractivity contribution in [2.45, 2.75) is 0 Å². The third kappa shape index (κ3) is 1.34. The SMILES string of the molecule is C=c1c(OC)c2ccccc2c(OC)c1=C. The Kier molecular flexibility index (Phi) is 2.57. The number of benzene rings is 2. The van der Waals surface area contributed by atoms with E-state index in [0.717, 1.165) is 32.7 Å². The molecular weight excluding hydrogens is 200 g/mol. The zero-order valence-corrected chi connectivity index (χ0v) is 9.54. The van der Waals surface area contributed by atoms with Gasteiger partial charge < -0.3 is 9.47 Å². The first-order valence-corrected chi connectivity index (χ1v) is 5.01. The maximum absolute atomic E-state index is 5.38. The smallest absolute Gasteiger partial charge is 0.134 e. The molecule has 0 N–H and O–H groups in total. The van der Waals surface area contributed by atoms with Gasteiger partial charge in [0.25, 0.3) is 0 Å². The first kappa shape index (κ1) is 10.6. The maximum Gasteiger partial charge on any atom is 0.134 e. The predicted molar refractivity (Wildman–Crippen MR) is 67.3 cm³/mol. The zero-order valence-electron chi connectivity index (χ0n) is 9.54. The molecule has 0 bridgehead atoms. The van der Waals surface area contributed by atoms with E-state index in [9.17, 15) is 0 Å². The number of hydrogen-bond acceptors (Lipinski definition) is 2. The van der Waals surface area contributed by atoms with Crippen molar-refractivity contribution in [2.24, 2.45) is 0 Å². The fraction of sp³-hybridized carbons (Fsp3) is 0.143. The average Bonchev–Trinajstić information content (AvgIpc) is 2.31. The molecule has 2 heteroatoms. The van der Waals surface area contributed by atoms with Crippen LogP contribution in [0.1, 0.15) is 0 Å². The molecule has 0 aliphatic rings. The van der Waals surface area contributed by atoms with Gasteiger partial charge in [0.05, 0.1) is 14.2 Å². The van der Waals surface area contributed by atoms with Crippen LogP contribution in [0.5, 0.6) is 11.5 Å². The topological polar surface area (TPSA) is 18.5 Å². The minimum absolute atomic E-state index is 0.765. The van der Waals surface area contributed by atoms with Crippen molar-refractivity contribution in [3.8, 4) is 11.5 Å². The Morgan fingerprint density at radius 1 is 0.812 bits per heavy atom. The highest BCUT2D eigenvalue weighted by molar-refractivity contribution is 5.93. The van der Waals surface area contributed by atoms with Crippen molar-refractivity contribution in [2.75, 3.05) is 14.2 Å². The highest BCUT2D eigenvalue weighted by Crippen LogP contribution is 2.26. The van der Waals surface area contributed by atoms with Crippen LogP contribution in [0, 0.1) is 0 Å². The molecule has 0 fully saturated rings. The summed E-state index contributed by atoms with van der Waals surface area (Å²) in [4.78, 5) is 0. The van der Waals surface area contributed by atoms with Crippen LogP contribution in [0.15, 0.2) is 24.3 Å². The molecule has 2 aromatic rings.